The van der Waals surface area contributed by atoms with Crippen molar-refractivity contribution in [2.24, 2.45) is 0 Å². The van der Waals surface area contributed by atoms with E-state index in [4.69, 9.17) is 77.5 Å². The molecule has 0 saturated carbocycles. The van der Waals surface area contributed by atoms with Gasteiger partial charge in [-0.3, -0.25) is 0 Å². The Morgan fingerprint density at radius 2 is 0.406 bits per heavy atom. The second-order valence-electron chi connectivity index (χ2n) is 34.4. The minimum atomic E-state index is 0.604. The highest BCUT2D eigenvalue weighted by molar-refractivity contribution is 6.17. The first-order valence-electron chi connectivity index (χ1n) is 47.1. The summed E-state index contributed by atoms with van der Waals surface area (Å²) in [6.45, 7) is 0. The van der Waals surface area contributed by atoms with Crippen LogP contribution in [0.5, 0.6) is 0 Å². The number of fused-ring (bicyclic) bond motifs is 15. The first-order chi connectivity index (χ1) is 70.9. The number of rotatable bonds is 14. The zero-order valence-electron chi connectivity index (χ0n) is 76.6. The topological polar surface area (TPSA) is 212 Å². The highest BCUT2D eigenvalue weighted by Gasteiger charge is 2.26. The van der Waals surface area contributed by atoms with E-state index in [2.05, 4.69) is 126 Å². The van der Waals surface area contributed by atoms with Crippen LogP contribution in [0.2, 0.25) is 0 Å². The van der Waals surface area contributed by atoms with E-state index >= 15 is 0 Å². The average molecular weight is 1840 g/mol. The summed E-state index contributed by atoms with van der Waals surface area (Å²) in [5.74, 6) is 7.60. The first kappa shape index (κ1) is 84.9. The van der Waals surface area contributed by atoms with Gasteiger partial charge in [-0.2, -0.15) is 0 Å². The predicted octanol–water partition coefficient (Wildman–Crippen LogP) is 31.9. The van der Waals surface area contributed by atoms with E-state index in [1.807, 2.05) is 358 Å². The smallest absolute Gasteiger partial charge is 0.164 e. The molecule has 28 aromatic rings. The molecule has 0 spiro atoms. The molecule has 0 aliphatic heterocycles. The van der Waals surface area contributed by atoms with Crippen molar-refractivity contribution in [3.8, 4) is 153 Å². The molecule has 0 amide bonds. The zero-order chi connectivity index (χ0) is 94.9. The molecule has 143 heavy (non-hydrogen) atoms. The molecule has 19 aromatic carbocycles. The van der Waals surface area contributed by atoms with Crippen molar-refractivity contribution in [3.63, 3.8) is 0 Å². The van der Waals surface area contributed by atoms with Gasteiger partial charge in [0.25, 0.3) is 0 Å². The number of furan rings is 4. The lowest BCUT2D eigenvalue weighted by atomic mass is 10.0. The van der Waals surface area contributed by atoms with Gasteiger partial charge in [0.2, 0.25) is 0 Å². The van der Waals surface area contributed by atoms with Crippen LogP contribution in [0.25, 0.3) is 263 Å². The lowest BCUT2D eigenvalue weighted by Crippen LogP contribution is -2.01. The SMILES string of the molecule is c1ccc(-c2nc(-c3ccccc3)nc(-c3cc(-n4c5ccccc5c5ccccc54)c4oc5ccccc5c4c3)n2)cc1.c1ccc(-c2nc(-c3ccccc3)nc(-c3ccc4c(c3)oc3ccccc34)n2)cc1.c1ccc(-c2nc(-c3ccccc3)nc(-c3cccc4oc5c(-c6ccccc6)cccc5c34)n2)cc1.c1ccc(-c2nc(-c3ccccc3)nc(-c3cccc4oc5ccccc5c34)n2)cc1. The second kappa shape index (κ2) is 37.4. The molecule has 0 atom stereocenters. The fourth-order valence-corrected chi connectivity index (χ4v) is 18.7. The summed E-state index contributed by atoms with van der Waals surface area (Å²) in [7, 11) is 0. The molecule has 0 N–H and O–H groups in total. The van der Waals surface area contributed by atoms with Crippen molar-refractivity contribution in [2.75, 3.05) is 0 Å². The molecule has 17 nitrogen and oxygen atoms in total. The van der Waals surface area contributed by atoms with E-state index in [9.17, 15) is 0 Å². The Kier molecular flexibility index (Phi) is 22.2. The van der Waals surface area contributed by atoms with Crippen molar-refractivity contribution in [1.82, 2.24) is 64.4 Å². The van der Waals surface area contributed by atoms with Gasteiger partial charge in [-0.05, 0) is 72.3 Å². The third-order valence-corrected chi connectivity index (χ3v) is 25.5. The molecule has 0 fully saturated rings. The average Bonchev–Trinajstić information content (AvgIpc) is 1.57. The van der Waals surface area contributed by atoms with E-state index < -0.39 is 0 Å². The Hall–Kier alpha value is -19.8. The summed E-state index contributed by atoms with van der Waals surface area (Å²) in [5.41, 5.74) is 23.2. The lowest BCUT2D eigenvalue weighted by molar-refractivity contribution is 0.666. The van der Waals surface area contributed by atoms with Gasteiger partial charge < -0.3 is 22.2 Å². The number of benzene rings is 19. The molecule has 672 valence electrons. The normalized spacial score (nSPS) is 11.4. The minimum Gasteiger partial charge on any atom is -0.456 e. The van der Waals surface area contributed by atoms with Crippen molar-refractivity contribution in [1.29, 1.82) is 0 Å². The number of para-hydroxylation sites is 6. The van der Waals surface area contributed by atoms with Gasteiger partial charge in [-0.25, -0.2) is 59.8 Å². The maximum atomic E-state index is 6.61. The van der Waals surface area contributed by atoms with Crippen LogP contribution in [-0.4, -0.2) is 64.4 Å². The molecule has 9 aromatic heterocycles. The minimum absolute atomic E-state index is 0.604. The zero-order valence-corrected chi connectivity index (χ0v) is 76.6. The number of hydrogen-bond acceptors (Lipinski definition) is 16. The number of aromatic nitrogens is 13. The highest BCUT2D eigenvalue weighted by Crippen LogP contribution is 2.45. The van der Waals surface area contributed by atoms with Crippen LogP contribution in [0.1, 0.15) is 0 Å². The molecule has 0 aliphatic rings. The highest BCUT2D eigenvalue weighted by atomic mass is 16.3. The molecule has 28 rings (SSSR count). The fraction of sp³-hybridized carbons (Fsp3) is 0. The van der Waals surface area contributed by atoms with Gasteiger partial charge in [0.05, 0.1) is 16.7 Å². The summed E-state index contributed by atoms with van der Waals surface area (Å²) >= 11 is 0. The maximum absolute atomic E-state index is 6.61. The maximum Gasteiger partial charge on any atom is 0.164 e. The van der Waals surface area contributed by atoms with Gasteiger partial charge in [0.15, 0.2) is 75.5 Å². The molecule has 17 heteroatoms. The van der Waals surface area contributed by atoms with Gasteiger partial charge in [-0.15, -0.1) is 0 Å². The van der Waals surface area contributed by atoms with Crippen molar-refractivity contribution < 1.29 is 17.7 Å². The van der Waals surface area contributed by atoms with Gasteiger partial charge in [-0.1, -0.05) is 413 Å². The lowest BCUT2D eigenvalue weighted by Gasteiger charge is -2.12. The Morgan fingerprint density at radius 3 is 0.818 bits per heavy atom. The van der Waals surface area contributed by atoms with Crippen LogP contribution in [-0.2, 0) is 0 Å². The van der Waals surface area contributed by atoms with Crippen LogP contribution < -0.4 is 0 Å². The van der Waals surface area contributed by atoms with Gasteiger partial charge in [0, 0.05) is 126 Å². The summed E-state index contributed by atoms with van der Waals surface area (Å²) in [6.07, 6.45) is 0. The van der Waals surface area contributed by atoms with Crippen LogP contribution in [0.3, 0.4) is 0 Å². The Morgan fingerprint density at radius 1 is 0.140 bits per heavy atom. The van der Waals surface area contributed by atoms with Crippen LogP contribution in [0.4, 0.5) is 0 Å². The van der Waals surface area contributed by atoms with Crippen molar-refractivity contribution in [3.05, 3.63) is 479 Å². The summed E-state index contributed by atoms with van der Waals surface area (Å²) < 4.78 is 27.5. The molecular formula is C126H79N13O4. The van der Waals surface area contributed by atoms with Crippen LogP contribution in [0.15, 0.2) is 497 Å². The van der Waals surface area contributed by atoms with E-state index in [0.717, 1.165) is 182 Å². The van der Waals surface area contributed by atoms with E-state index in [-0.39, 0.29) is 0 Å². The van der Waals surface area contributed by atoms with Crippen LogP contribution in [0, 0.1) is 0 Å². The third kappa shape index (κ3) is 16.6. The third-order valence-electron chi connectivity index (χ3n) is 25.5. The molecular weight excluding hydrogens is 1760 g/mol. The second-order valence-corrected chi connectivity index (χ2v) is 34.4. The van der Waals surface area contributed by atoms with Crippen molar-refractivity contribution in [2.45, 2.75) is 0 Å². The largest absolute Gasteiger partial charge is 0.456 e. The van der Waals surface area contributed by atoms with Crippen LogP contribution >= 0.6 is 0 Å². The Bertz CT molecular complexity index is 9310. The molecule has 9 heterocycles. The first-order valence-corrected chi connectivity index (χ1v) is 47.1. The number of hydrogen-bond donors (Lipinski definition) is 0. The monoisotopic (exact) mass is 1840 g/mol. The van der Waals surface area contributed by atoms with Crippen molar-refractivity contribution >= 4 is 110 Å². The van der Waals surface area contributed by atoms with E-state index in [0.29, 0.717) is 69.9 Å². The quantitative estimate of drug-likeness (QED) is 0.0990. The standard InChI is InChI=1S/C39H24N4O.C33H21N3O.2C27H17N3O/c1-3-13-25(14-4-1)37-40-38(26-15-5-2-6-16-26)42-39(41-37)27-23-31-30-19-9-12-22-35(30)44-36(31)34(24-27)43-32-20-10-7-17-28(32)29-18-8-11-21-33(29)43;1-4-12-22(13-5-1)25-18-10-19-26-29-27(20-11-21-28(29)37-30(25)26)33-35-31(23-14-6-2-7-15-23)34-32(36-33)24-16-8-3-9-17-24;1-3-10-18(11-4-1)25-28-26(19-12-5-2-6-13-19)30-27(29-25)21-15-9-17-23-24(21)20-14-7-8-16-22(20)31-23;1-3-9-18(10-4-1)25-28-26(19-11-5-2-6-12-19)30-27(29-25)20-15-16-22-21-13-7-8-14-23(21)31-24(22)17-20/h1-24H;1-21H;2*1-17H. The summed E-state index contributed by atoms with van der Waals surface area (Å²) in [6, 6.07) is 161. The fourth-order valence-electron chi connectivity index (χ4n) is 18.7. The summed E-state index contributed by atoms with van der Waals surface area (Å²) in [5, 5.41) is 10.7. The van der Waals surface area contributed by atoms with Gasteiger partial charge >= 0.3 is 0 Å². The molecule has 0 radical (unpaired) electrons. The molecule has 0 saturated heterocycles. The van der Waals surface area contributed by atoms with E-state index in [1.165, 1.54) is 10.8 Å². The van der Waals surface area contributed by atoms with Gasteiger partial charge in [0.1, 0.15) is 39.1 Å². The molecule has 0 aliphatic carbocycles. The summed E-state index contributed by atoms with van der Waals surface area (Å²) in [4.78, 5) is 58.6. The molecule has 0 bridgehead atoms. The Balaban J connectivity index is 0.000000101. The Labute approximate surface area is 818 Å². The molecule has 0 unspecified atom stereocenters. The number of nitrogens with zero attached hydrogens (tertiary/aromatic N) is 13. The predicted molar refractivity (Wildman–Crippen MR) is 573 cm³/mol. The van der Waals surface area contributed by atoms with E-state index in [1.54, 1.807) is 0 Å².